The maximum absolute atomic E-state index is 13.5. The van der Waals surface area contributed by atoms with Gasteiger partial charge in [-0.05, 0) is 50.1 Å². The Bertz CT molecular complexity index is 1230. The first-order valence-corrected chi connectivity index (χ1v) is 12.1. The van der Waals surface area contributed by atoms with E-state index in [0.29, 0.717) is 36.4 Å². The predicted molar refractivity (Wildman–Crippen MR) is 136 cm³/mol. The average Bonchev–Trinajstić information content (AvgIpc) is 3.39. The number of aromatic nitrogens is 3. The fourth-order valence-electron chi connectivity index (χ4n) is 4.68. The highest BCUT2D eigenvalue weighted by molar-refractivity contribution is 6.33. The minimum Gasteiger partial charge on any atom is -0.366 e. The summed E-state index contributed by atoms with van der Waals surface area (Å²) in [5, 5.41) is 0.402. The van der Waals surface area contributed by atoms with Gasteiger partial charge in [0.2, 0.25) is 11.9 Å². The molecule has 1 atom stereocenters. The standard InChI is InChI=1S/C25H27ClFN7O/c1-16-15-33(24-20(26)12-18(14-29-24)23(28)35)10-11-34(16)22-13-21(17-4-6-19(27)7-5-17)30-25(31-22)32-8-2-3-9-32/h4-7,12-14,16H,2-3,8-11,15H2,1H3,(H2,28,35). The summed E-state index contributed by atoms with van der Waals surface area (Å²) in [5.41, 5.74) is 7.26. The lowest BCUT2D eigenvalue weighted by Gasteiger charge is -2.41. The number of pyridine rings is 1. The van der Waals surface area contributed by atoms with Crippen molar-refractivity contribution in [3.63, 3.8) is 0 Å². The molecule has 1 unspecified atom stereocenters. The van der Waals surface area contributed by atoms with Crippen LogP contribution in [-0.2, 0) is 0 Å². The van der Waals surface area contributed by atoms with Gasteiger partial charge in [-0.3, -0.25) is 4.79 Å². The molecule has 2 fully saturated rings. The summed E-state index contributed by atoms with van der Waals surface area (Å²) < 4.78 is 13.5. The number of nitrogens with zero attached hydrogens (tertiary/aromatic N) is 6. The molecule has 5 rings (SSSR count). The Balaban J connectivity index is 1.42. The van der Waals surface area contributed by atoms with Gasteiger partial charge in [-0.15, -0.1) is 0 Å². The number of carbonyl (C=O) groups is 1. The van der Waals surface area contributed by atoms with Crippen LogP contribution in [0.4, 0.5) is 22.0 Å². The zero-order valence-electron chi connectivity index (χ0n) is 19.5. The number of piperazine rings is 1. The normalized spacial score (nSPS) is 18.3. The van der Waals surface area contributed by atoms with Crippen molar-refractivity contribution in [2.24, 2.45) is 5.73 Å². The van der Waals surface area contributed by atoms with Crippen LogP contribution in [0.1, 0.15) is 30.1 Å². The van der Waals surface area contributed by atoms with E-state index in [1.807, 2.05) is 6.07 Å². The predicted octanol–water partition coefficient (Wildman–Crippen LogP) is 3.75. The highest BCUT2D eigenvalue weighted by Gasteiger charge is 2.28. The van der Waals surface area contributed by atoms with Crippen LogP contribution in [-0.4, -0.2) is 59.6 Å². The third-order valence-corrected chi connectivity index (χ3v) is 6.84. The Hall–Kier alpha value is -3.46. The summed E-state index contributed by atoms with van der Waals surface area (Å²) in [6.07, 6.45) is 3.70. The molecule has 10 heteroatoms. The molecule has 0 aliphatic carbocycles. The molecule has 0 radical (unpaired) electrons. The van der Waals surface area contributed by atoms with Crippen molar-refractivity contribution < 1.29 is 9.18 Å². The van der Waals surface area contributed by atoms with Crippen molar-refractivity contribution in [2.75, 3.05) is 47.4 Å². The molecule has 2 aliphatic rings. The maximum Gasteiger partial charge on any atom is 0.250 e. The topological polar surface area (TPSA) is 91.5 Å². The fraction of sp³-hybridized carbons (Fsp3) is 0.360. The quantitative estimate of drug-likeness (QED) is 0.576. The van der Waals surface area contributed by atoms with Gasteiger partial charge in [-0.1, -0.05) is 11.6 Å². The summed E-state index contributed by atoms with van der Waals surface area (Å²) in [5.74, 6) is 1.36. The molecule has 182 valence electrons. The van der Waals surface area contributed by atoms with E-state index in [0.717, 1.165) is 43.0 Å². The average molecular weight is 496 g/mol. The minimum atomic E-state index is -0.557. The molecule has 2 N–H and O–H groups in total. The van der Waals surface area contributed by atoms with Gasteiger partial charge < -0.3 is 20.4 Å². The van der Waals surface area contributed by atoms with Crippen molar-refractivity contribution in [2.45, 2.75) is 25.8 Å². The van der Waals surface area contributed by atoms with Crippen LogP contribution in [0, 0.1) is 5.82 Å². The molecular weight excluding hydrogens is 469 g/mol. The first kappa shape index (κ1) is 23.3. The number of anilines is 3. The molecule has 3 aromatic rings. The molecule has 2 aromatic heterocycles. The smallest absolute Gasteiger partial charge is 0.250 e. The van der Waals surface area contributed by atoms with E-state index in [4.69, 9.17) is 27.3 Å². The van der Waals surface area contributed by atoms with Gasteiger partial charge in [-0.2, -0.15) is 4.98 Å². The minimum absolute atomic E-state index is 0.111. The number of benzene rings is 1. The summed E-state index contributed by atoms with van der Waals surface area (Å²) >= 11 is 6.42. The summed E-state index contributed by atoms with van der Waals surface area (Å²) in [7, 11) is 0. The van der Waals surface area contributed by atoms with Crippen molar-refractivity contribution in [1.82, 2.24) is 15.0 Å². The zero-order valence-corrected chi connectivity index (χ0v) is 20.2. The fourth-order valence-corrected chi connectivity index (χ4v) is 4.97. The zero-order chi connectivity index (χ0) is 24.5. The number of halogens is 2. The third kappa shape index (κ3) is 4.86. The van der Waals surface area contributed by atoms with Gasteiger partial charge in [0.05, 0.1) is 16.3 Å². The van der Waals surface area contributed by atoms with Gasteiger partial charge in [0.25, 0.3) is 0 Å². The van der Waals surface area contributed by atoms with Gasteiger partial charge in [-0.25, -0.2) is 14.4 Å². The number of amides is 1. The molecule has 0 bridgehead atoms. The lowest BCUT2D eigenvalue weighted by molar-refractivity contribution is 0.1000. The van der Waals surface area contributed by atoms with E-state index in [1.165, 1.54) is 18.3 Å². The maximum atomic E-state index is 13.5. The lowest BCUT2D eigenvalue weighted by Crippen LogP contribution is -2.52. The third-order valence-electron chi connectivity index (χ3n) is 6.56. The SMILES string of the molecule is CC1CN(c2ncc(C(N)=O)cc2Cl)CCN1c1cc(-c2ccc(F)cc2)nc(N2CCCC2)n1. The summed E-state index contributed by atoms with van der Waals surface area (Å²) in [6.45, 7) is 6.06. The van der Waals surface area contributed by atoms with Crippen LogP contribution < -0.4 is 20.4 Å². The highest BCUT2D eigenvalue weighted by Crippen LogP contribution is 2.31. The number of hydrogen-bond acceptors (Lipinski definition) is 7. The second-order valence-electron chi connectivity index (χ2n) is 8.99. The number of hydrogen-bond donors (Lipinski definition) is 1. The number of carbonyl (C=O) groups excluding carboxylic acids is 1. The van der Waals surface area contributed by atoms with E-state index in [-0.39, 0.29) is 17.4 Å². The Labute approximate surface area is 208 Å². The molecule has 0 saturated carbocycles. The van der Waals surface area contributed by atoms with Crippen molar-refractivity contribution in [1.29, 1.82) is 0 Å². The van der Waals surface area contributed by atoms with Crippen LogP contribution in [0.5, 0.6) is 0 Å². The Morgan fingerprint density at radius 3 is 2.46 bits per heavy atom. The van der Waals surface area contributed by atoms with Crippen LogP contribution in [0.25, 0.3) is 11.3 Å². The van der Waals surface area contributed by atoms with Crippen LogP contribution >= 0.6 is 11.6 Å². The van der Waals surface area contributed by atoms with Gasteiger partial charge in [0.15, 0.2) is 0 Å². The van der Waals surface area contributed by atoms with Gasteiger partial charge >= 0.3 is 0 Å². The van der Waals surface area contributed by atoms with E-state index >= 15 is 0 Å². The number of primary amides is 1. The molecule has 2 aliphatic heterocycles. The van der Waals surface area contributed by atoms with Gasteiger partial charge in [0, 0.05) is 56.6 Å². The van der Waals surface area contributed by atoms with E-state index in [9.17, 15) is 9.18 Å². The van der Waals surface area contributed by atoms with E-state index < -0.39 is 5.91 Å². The summed E-state index contributed by atoms with van der Waals surface area (Å²) in [4.78, 5) is 32.2. The Kier molecular flexibility index (Phi) is 6.42. The molecule has 4 heterocycles. The Morgan fingerprint density at radius 1 is 1.06 bits per heavy atom. The Morgan fingerprint density at radius 2 is 1.80 bits per heavy atom. The molecule has 35 heavy (non-hydrogen) atoms. The largest absolute Gasteiger partial charge is 0.366 e. The van der Waals surface area contributed by atoms with Crippen LogP contribution in [0.3, 0.4) is 0 Å². The molecule has 8 nitrogen and oxygen atoms in total. The van der Waals surface area contributed by atoms with Crippen LogP contribution in [0.2, 0.25) is 5.02 Å². The number of rotatable bonds is 5. The van der Waals surface area contributed by atoms with Gasteiger partial charge in [0.1, 0.15) is 17.5 Å². The number of nitrogens with two attached hydrogens (primary N) is 1. The first-order chi connectivity index (χ1) is 16.9. The van der Waals surface area contributed by atoms with Crippen molar-refractivity contribution in [3.8, 4) is 11.3 Å². The monoisotopic (exact) mass is 495 g/mol. The molecule has 1 aromatic carbocycles. The molecule has 1 amide bonds. The second kappa shape index (κ2) is 9.65. The van der Waals surface area contributed by atoms with Crippen molar-refractivity contribution >= 4 is 35.1 Å². The van der Waals surface area contributed by atoms with Crippen molar-refractivity contribution in [3.05, 3.63) is 59.0 Å². The lowest BCUT2D eigenvalue weighted by atomic mass is 10.1. The van der Waals surface area contributed by atoms with E-state index in [2.05, 4.69) is 26.6 Å². The molecule has 0 spiro atoms. The first-order valence-electron chi connectivity index (χ1n) is 11.8. The molecule has 2 saturated heterocycles. The molecular formula is C25H27ClFN7O. The van der Waals surface area contributed by atoms with Crippen LogP contribution in [0.15, 0.2) is 42.6 Å². The summed E-state index contributed by atoms with van der Waals surface area (Å²) in [6, 6.07) is 10.1. The highest BCUT2D eigenvalue weighted by atomic mass is 35.5. The van der Waals surface area contributed by atoms with E-state index in [1.54, 1.807) is 18.2 Å². The second-order valence-corrected chi connectivity index (χ2v) is 9.40.